The lowest BCUT2D eigenvalue weighted by molar-refractivity contribution is -0.121. The molecule has 0 aliphatic carbocycles. The molecule has 1 aromatic carbocycles. The first-order valence-electron chi connectivity index (χ1n) is 7.84. The van der Waals surface area contributed by atoms with E-state index in [9.17, 15) is 14.7 Å². The van der Waals surface area contributed by atoms with Crippen molar-refractivity contribution in [3.63, 3.8) is 0 Å². The van der Waals surface area contributed by atoms with E-state index in [-0.39, 0.29) is 24.0 Å². The van der Waals surface area contributed by atoms with Crippen molar-refractivity contribution in [1.82, 2.24) is 5.32 Å². The number of hydrogen-bond acceptors (Lipinski definition) is 4. The Labute approximate surface area is 131 Å². The Hall–Kier alpha value is -1.88. The molecule has 0 aliphatic heterocycles. The third-order valence-electron chi connectivity index (χ3n) is 3.49. The number of phenolic OH excluding ortho intramolecular Hbond substituents is 1. The molecule has 0 heterocycles. The summed E-state index contributed by atoms with van der Waals surface area (Å²) in [6, 6.07) is 6.49. The second kappa shape index (κ2) is 10.8. The summed E-state index contributed by atoms with van der Waals surface area (Å²) >= 11 is 0. The van der Waals surface area contributed by atoms with Crippen molar-refractivity contribution in [2.45, 2.75) is 44.9 Å². The lowest BCUT2D eigenvalue weighted by atomic mass is 10.1. The van der Waals surface area contributed by atoms with Gasteiger partial charge in [0.2, 0.25) is 0 Å². The Morgan fingerprint density at radius 1 is 0.955 bits per heavy atom. The maximum Gasteiger partial charge on any atom is 0.255 e. The molecule has 0 saturated heterocycles. The van der Waals surface area contributed by atoms with Crippen LogP contribution >= 0.6 is 0 Å². The van der Waals surface area contributed by atoms with Gasteiger partial charge in [-0.2, -0.15) is 0 Å². The molecule has 1 rings (SSSR count). The number of amides is 1. The fourth-order valence-corrected chi connectivity index (χ4v) is 2.20. The van der Waals surface area contributed by atoms with Crippen LogP contribution in [0, 0.1) is 0 Å². The first-order valence-corrected chi connectivity index (χ1v) is 7.84. The number of aliphatic hydroxyl groups is 1. The van der Waals surface area contributed by atoms with Crippen LogP contribution in [0.5, 0.6) is 5.75 Å². The van der Waals surface area contributed by atoms with Crippen molar-refractivity contribution in [3.05, 3.63) is 29.8 Å². The van der Waals surface area contributed by atoms with Crippen LogP contribution < -0.4 is 5.32 Å². The summed E-state index contributed by atoms with van der Waals surface area (Å²) in [4.78, 5) is 22.7. The van der Waals surface area contributed by atoms with Gasteiger partial charge in [-0.15, -0.1) is 0 Å². The summed E-state index contributed by atoms with van der Waals surface area (Å²) in [7, 11) is 0. The zero-order valence-electron chi connectivity index (χ0n) is 12.9. The summed E-state index contributed by atoms with van der Waals surface area (Å²) in [5, 5.41) is 20.9. The Morgan fingerprint density at radius 3 is 2.27 bits per heavy atom. The second-order valence-electron chi connectivity index (χ2n) is 5.34. The zero-order chi connectivity index (χ0) is 16.2. The molecule has 0 atom stereocenters. The van der Waals surface area contributed by atoms with Gasteiger partial charge < -0.3 is 15.5 Å². The molecule has 5 heteroatoms. The number of benzene rings is 1. The average Bonchev–Trinajstić information content (AvgIpc) is 2.53. The Morgan fingerprint density at radius 2 is 1.59 bits per heavy atom. The van der Waals surface area contributed by atoms with Crippen LogP contribution in [0.1, 0.15) is 55.3 Å². The highest BCUT2D eigenvalue weighted by Crippen LogP contribution is 2.15. The normalized spacial score (nSPS) is 10.4. The summed E-state index contributed by atoms with van der Waals surface area (Å²) in [6.45, 7) is 0.243. The molecule has 22 heavy (non-hydrogen) atoms. The number of Topliss-reactive ketones (excluding diaryl/α,β-unsaturated/α-hetero) is 1. The molecule has 122 valence electrons. The molecule has 0 unspecified atom stereocenters. The predicted molar refractivity (Wildman–Crippen MR) is 84.9 cm³/mol. The van der Waals surface area contributed by atoms with E-state index >= 15 is 0 Å². The third kappa shape index (κ3) is 7.22. The quantitative estimate of drug-likeness (QED) is 0.548. The fourth-order valence-electron chi connectivity index (χ4n) is 2.20. The molecule has 5 nitrogen and oxygen atoms in total. The Bertz CT molecular complexity index is 473. The molecular formula is C17H25NO4. The SMILES string of the molecule is O=C(CO)CCCCCCCCNC(=O)c1ccccc1O. The number of carbonyl (C=O) groups is 2. The molecule has 0 aromatic heterocycles. The maximum absolute atomic E-state index is 11.8. The lowest BCUT2D eigenvalue weighted by Gasteiger charge is -2.06. The molecule has 0 radical (unpaired) electrons. The van der Waals surface area contributed by atoms with Crippen molar-refractivity contribution >= 4 is 11.7 Å². The number of ketones is 1. The van der Waals surface area contributed by atoms with Gasteiger partial charge in [-0.05, 0) is 25.0 Å². The monoisotopic (exact) mass is 307 g/mol. The smallest absolute Gasteiger partial charge is 0.255 e. The number of rotatable bonds is 11. The topological polar surface area (TPSA) is 86.6 Å². The summed E-state index contributed by atoms with van der Waals surface area (Å²) in [6.07, 6.45) is 6.35. The van der Waals surface area contributed by atoms with E-state index in [1.165, 1.54) is 6.07 Å². The van der Waals surface area contributed by atoms with E-state index in [1.807, 2.05) is 0 Å². The standard InChI is InChI=1S/C17H25NO4/c19-13-14(20)9-5-3-1-2-4-8-12-18-17(22)15-10-6-7-11-16(15)21/h6-7,10-11,19,21H,1-5,8-9,12-13H2,(H,18,22). The van der Waals surface area contributed by atoms with Crippen LogP contribution in [-0.4, -0.2) is 35.1 Å². The molecule has 0 saturated carbocycles. The lowest BCUT2D eigenvalue weighted by Crippen LogP contribution is -2.24. The van der Waals surface area contributed by atoms with Gasteiger partial charge in [0, 0.05) is 13.0 Å². The van der Waals surface area contributed by atoms with Crippen molar-refractivity contribution in [1.29, 1.82) is 0 Å². The van der Waals surface area contributed by atoms with Crippen LogP contribution in [0.3, 0.4) is 0 Å². The van der Waals surface area contributed by atoms with Crippen LogP contribution in [-0.2, 0) is 4.79 Å². The number of aliphatic hydroxyl groups excluding tert-OH is 1. The van der Waals surface area contributed by atoms with Gasteiger partial charge in [0.1, 0.15) is 12.4 Å². The number of phenols is 1. The van der Waals surface area contributed by atoms with Crippen molar-refractivity contribution < 1.29 is 19.8 Å². The Balaban J connectivity index is 2.01. The van der Waals surface area contributed by atoms with Gasteiger partial charge >= 0.3 is 0 Å². The highest BCUT2D eigenvalue weighted by atomic mass is 16.3. The second-order valence-corrected chi connectivity index (χ2v) is 5.34. The predicted octanol–water partition coefficient (Wildman–Crippen LogP) is 2.41. The number of aromatic hydroxyl groups is 1. The number of hydrogen-bond donors (Lipinski definition) is 3. The molecule has 1 amide bonds. The van der Waals surface area contributed by atoms with Gasteiger partial charge in [0.05, 0.1) is 5.56 Å². The number of unbranched alkanes of at least 4 members (excludes halogenated alkanes) is 5. The minimum absolute atomic E-state index is 0.00238. The number of para-hydroxylation sites is 1. The average molecular weight is 307 g/mol. The van der Waals surface area contributed by atoms with Crippen molar-refractivity contribution in [2.24, 2.45) is 0 Å². The van der Waals surface area contributed by atoms with Gasteiger partial charge in [0.15, 0.2) is 5.78 Å². The molecule has 3 N–H and O–H groups in total. The molecule has 1 aromatic rings. The minimum Gasteiger partial charge on any atom is -0.507 e. The maximum atomic E-state index is 11.8. The van der Waals surface area contributed by atoms with Gasteiger partial charge in [0.25, 0.3) is 5.91 Å². The van der Waals surface area contributed by atoms with E-state index in [0.717, 1.165) is 38.5 Å². The molecule has 0 bridgehead atoms. The van der Waals surface area contributed by atoms with Crippen LogP contribution in [0.2, 0.25) is 0 Å². The molecular weight excluding hydrogens is 282 g/mol. The van der Waals surface area contributed by atoms with Crippen LogP contribution in [0.25, 0.3) is 0 Å². The van der Waals surface area contributed by atoms with Gasteiger partial charge in [-0.1, -0.05) is 37.8 Å². The van der Waals surface area contributed by atoms with E-state index in [1.54, 1.807) is 18.2 Å². The number of carbonyl (C=O) groups excluding carboxylic acids is 2. The Kier molecular flexibility index (Phi) is 8.91. The number of nitrogens with one attached hydrogen (secondary N) is 1. The summed E-state index contributed by atoms with van der Waals surface area (Å²) in [5.41, 5.74) is 0.302. The van der Waals surface area contributed by atoms with E-state index in [0.29, 0.717) is 18.5 Å². The van der Waals surface area contributed by atoms with E-state index in [4.69, 9.17) is 5.11 Å². The van der Waals surface area contributed by atoms with Crippen LogP contribution in [0.4, 0.5) is 0 Å². The highest BCUT2D eigenvalue weighted by Gasteiger charge is 2.08. The molecule has 0 aliphatic rings. The molecule has 0 spiro atoms. The van der Waals surface area contributed by atoms with Crippen molar-refractivity contribution in [3.8, 4) is 5.75 Å². The summed E-state index contributed by atoms with van der Waals surface area (Å²) in [5.74, 6) is -0.343. The van der Waals surface area contributed by atoms with E-state index in [2.05, 4.69) is 5.32 Å². The first-order chi connectivity index (χ1) is 10.6. The summed E-state index contributed by atoms with van der Waals surface area (Å²) < 4.78 is 0. The zero-order valence-corrected chi connectivity index (χ0v) is 12.9. The third-order valence-corrected chi connectivity index (χ3v) is 3.49. The fraction of sp³-hybridized carbons (Fsp3) is 0.529. The highest BCUT2D eigenvalue weighted by molar-refractivity contribution is 5.96. The van der Waals surface area contributed by atoms with Crippen LogP contribution in [0.15, 0.2) is 24.3 Å². The van der Waals surface area contributed by atoms with E-state index < -0.39 is 0 Å². The minimum atomic E-state index is -0.351. The first kappa shape index (κ1) is 18.2. The van der Waals surface area contributed by atoms with Crippen molar-refractivity contribution in [2.75, 3.05) is 13.2 Å². The molecule has 0 fully saturated rings. The largest absolute Gasteiger partial charge is 0.507 e. The van der Waals surface area contributed by atoms with Gasteiger partial charge in [-0.25, -0.2) is 0 Å². The van der Waals surface area contributed by atoms with Gasteiger partial charge in [-0.3, -0.25) is 9.59 Å².